The Hall–Kier alpha value is -10.9. The number of rotatable bonds is 12. The van der Waals surface area contributed by atoms with E-state index in [1.165, 1.54) is 43.1 Å². The average molecular weight is 1050 g/mol. The summed E-state index contributed by atoms with van der Waals surface area (Å²) in [7, 11) is 0. The highest BCUT2D eigenvalue weighted by molar-refractivity contribution is 6.12. The van der Waals surface area contributed by atoms with Crippen LogP contribution in [0.1, 0.15) is 0 Å². The second-order valence-corrected chi connectivity index (χ2v) is 20.9. The molecule has 0 bridgehead atoms. The van der Waals surface area contributed by atoms with Gasteiger partial charge in [-0.25, -0.2) is 0 Å². The van der Waals surface area contributed by atoms with Crippen molar-refractivity contribution >= 4 is 105 Å². The second kappa shape index (κ2) is 20.7. The van der Waals surface area contributed by atoms with Crippen LogP contribution in [0.5, 0.6) is 0 Å². The van der Waals surface area contributed by atoms with E-state index >= 15 is 0 Å². The Morgan fingerprint density at radius 1 is 0.195 bits per heavy atom. The van der Waals surface area contributed by atoms with Gasteiger partial charge in [0.15, 0.2) is 0 Å². The fraction of sp³-hybridized carbons (Fsp3) is 0. The van der Waals surface area contributed by atoms with Crippen LogP contribution in [0.3, 0.4) is 0 Å². The number of nitrogens with zero attached hydrogens (tertiary/aromatic N) is 4. The maximum Gasteiger partial charge on any atom is 0.0541 e. The van der Waals surface area contributed by atoms with E-state index in [-0.39, 0.29) is 0 Å². The number of fused-ring (bicyclic) bond motifs is 6. The van der Waals surface area contributed by atoms with E-state index < -0.39 is 0 Å². The molecule has 0 saturated heterocycles. The van der Waals surface area contributed by atoms with Crippen molar-refractivity contribution in [3.8, 4) is 27.9 Å². The van der Waals surface area contributed by atoms with Crippen LogP contribution in [0.15, 0.2) is 328 Å². The lowest BCUT2D eigenvalue weighted by Gasteiger charge is -2.27. The molecule has 0 unspecified atom stereocenters. The first-order valence-corrected chi connectivity index (χ1v) is 28.1. The molecular weight excluding hydrogens is 993 g/mol. The molecule has 4 nitrogen and oxygen atoms in total. The molecule has 0 saturated carbocycles. The van der Waals surface area contributed by atoms with Crippen LogP contribution < -0.4 is 14.7 Å². The van der Waals surface area contributed by atoms with E-state index in [0.717, 1.165) is 90.2 Å². The van der Waals surface area contributed by atoms with Crippen molar-refractivity contribution in [2.75, 3.05) is 14.7 Å². The molecule has 0 spiro atoms. The highest BCUT2D eigenvalue weighted by atomic mass is 15.2. The van der Waals surface area contributed by atoms with Crippen LogP contribution in [-0.4, -0.2) is 4.57 Å². The third-order valence-corrected chi connectivity index (χ3v) is 16.1. The third-order valence-electron chi connectivity index (χ3n) is 16.1. The van der Waals surface area contributed by atoms with E-state index in [2.05, 4.69) is 347 Å². The first-order chi connectivity index (χ1) is 40.7. The van der Waals surface area contributed by atoms with Crippen molar-refractivity contribution in [1.82, 2.24) is 4.57 Å². The molecule has 14 aromatic carbocycles. The third kappa shape index (κ3) is 8.67. The van der Waals surface area contributed by atoms with Gasteiger partial charge in [0.1, 0.15) is 0 Å². The summed E-state index contributed by atoms with van der Waals surface area (Å²) in [6.07, 6.45) is 0. The van der Waals surface area contributed by atoms with Crippen LogP contribution in [0.25, 0.3) is 82.1 Å². The van der Waals surface area contributed by atoms with Gasteiger partial charge in [-0.2, -0.15) is 0 Å². The van der Waals surface area contributed by atoms with Gasteiger partial charge in [-0.1, -0.05) is 200 Å². The predicted octanol–water partition coefficient (Wildman–Crippen LogP) is 22.0. The Morgan fingerprint density at radius 2 is 0.476 bits per heavy atom. The monoisotopic (exact) mass is 1050 g/mol. The molecule has 15 aromatic rings. The fourth-order valence-corrected chi connectivity index (χ4v) is 12.2. The molecule has 82 heavy (non-hydrogen) atoms. The van der Waals surface area contributed by atoms with Crippen LogP contribution in [-0.2, 0) is 0 Å². The molecule has 1 aromatic heterocycles. The van der Waals surface area contributed by atoms with E-state index in [0.29, 0.717) is 0 Å². The van der Waals surface area contributed by atoms with Gasteiger partial charge in [0.05, 0.1) is 28.1 Å². The Kier molecular flexibility index (Phi) is 12.2. The zero-order valence-corrected chi connectivity index (χ0v) is 45.0. The topological polar surface area (TPSA) is 14.7 Å². The minimum atomic E-state index is 1.08. The summed E-state index contributed by atoms with van der Waals surface area (Å²) in [4.78, 5) is 7.10. The van der Waals surface area contributed by atoms with Crippen LogP contribution in [0, 0.1) is 0 Å². The summed E-state index contributed by atoms with van der Waals surface area (Å²) < 4.78 is 2.43. The van der Waals surface area contributed by atoms with Gasteiger partial charge in [-0.3, -0.25) is 0 Å². The summed E-state index contributed by atoms with van der Waals surface area (Å²) in [5.41, 5.74) is 18.0. The van der Waals surface area contributed by atoms with Crippen LogP contribution >= 0.6 is 0 Å². The predicted molar refractivity (Wildman–Crippen MR) is 348 cm³/mol. The Balaban J connectivity index is 0.850. The van der Waals surface area contributed by atoms with Gasteiger partial charge < -0.3 is 19.3 Å². The zero-order valence-electron chi connectivity index (χ0n) is 45.0. The smallest absolute Gasteiger partial charge is 0.0541 e. The fourth-order valence-electron chi connectivity index (χ4n) is 12.2. The maximum absolute atomic E-state index is 2.43. The minimum Gasteiger partial charge on any atom is -0.310 e. The highest BCUT2D eigenvalue weighted by Crippen LogP contribution is 2.45. The lowest BCUT2D eigenvalue weighted by molar-refractivity contribution is 1.17. The number of hydrogen-bond donors (Lipinski definition) is 0. The molecule has 0 aliphatic carbocycles. The molecule has 15 rings (SSSR count). The highest BCUT2D eigenvalue weighted by Gasteiger charge is 2.21. The normalized spacial score (nSPS) is 11.4. The molecule has 0 aliphatic heterocycles. The molecule has 0 amide bonds. The Bertz CT molecular complexity index is 4540. The van der Waals surface area contributed by atoms with Gasteiger partial charge in [0.2, 0.25) is 0 Å². The summed E-state index contributed by atoms with van der Waals surface area (Å²) in [6.45, 7) is 0. The number of para-hydroxylation sites is 3. The van der Waals surface area contributed by atoms with Crippen LogP contribution in [0.2, 0.25) is 0 Å². The van der Waals surface area contributed by atoms with Gasteiger partial charge in [0, 0.05) is 66.7 Å². The van der Waals surface area contributed by atoms with Crippen LogP contribution in [0.4, 0.5) is 51.2 Å². The number of benzene rings is 14. The number of anilines is 9. The molecule has 0 N–H and O–H groups in total. The van der Waals surface area contributed by atoms with Gasteiger partial charge in [0.25, 0.3) is 0 Å². The summed E-state index contributed by atoms with van der Waals surface area (Å²) in [5, 5.41) is 9.62. The first-order valence-electron chi connectivity index (χ1n) is 28.1. The number of aromatic nitrogens is 1. The van der Waals surface area contributed by atoms with Gasteiger partial charge in [-0.15, -0.1) is 0 Å². The Labute approximate surface area is 477 Å². The van der Waals surface area contributed by atoms with E-state index in [9.17, 15) is 0 Å². The van der Waals surface area contributed by atoms with E-state index in [1.807, 2.05) is 0 Å². The van der Waals surface area contributed by atoms with Crippen molar-refractivity contribution < 1.29 is 0 Å². The van der Waals surface area contributed by atoms with Crippen molar-refractivity contribution in [3.63, 3.8) is 0 Å². The minimum absolute atomic E-state index is 1.08. The molecule has 0 fully saturated rings. The van der Waals surface area contributed by atoms with Crippen molar-refractivity contribution in [2.24, 2.45) is 0 Å². The zero-order chi connectivity index (χ0) is 54.3. The standard InChI is InChI=1S/C78H54N4/c1-4-25-62(26-5-1)79(74-34-16-22-57-19-10-13-31-69(57)74)65-43-37-55(38-44-65)60-41-51-77-72(53-60)73-54-61(56-39-45-66(46-40-56)80(63-27-6-2-7-28-63)75-35-17-23-58-20-11-14-32-70(58)75)42-52-78(73)82(77)68-49-47-67(48-50-68)81(64-29-8-3-9-30-64)76-36-18-24-59-21-12-15-33-71(59)76/h1-54H. The second-order valence-electron chi connectivity index (χ2n) is 20.9. The van der Waals surface area contributed by atoms with Gasteiger partial charge in [-0.05, 0) is 166 Å². The van der Waals surface area contributed by atoms with Gasteiger partial charge >= 0.3 is 0 Å². The summed E-state index contributed by atoms with van der Waals surface area (Å²) in [5.74, 6) is 0. The lowest BCUT2D eigenvalue weighted by atomic mass is 9.99. The summed E-state index contributed by atoms with van der Waals surface area (Å²) in [6, 6.07) is 119. The molecule has 386 valence electrons. The molecule has 1 heterocycles. The largest absolute Gasteiger partial charge is 0.310 e. The van der Waals surface area contributed by atoms with E-state index in [4.69, 9.17) is 0 Å². The molecular formula is C78H54N4. The van der Waals surface area contributed by atoms with Crippen molar-refractivity contribution in [2.45, 2.75) is 0 Å². The molecule has 4 heteroatoms. The number of hydrogen-bond acceptors (Lipinski definition) is 3. The summed E-state index contributed by atoms with van der Waals surface area (Å²) >= 11 is 0. The maximum atomic E-state index is 2.43. The first kappa shape index (κ1) is 48.2. The van der Waals surface area contributed by atoms with Crippen molar-refractivity contribution in [1.29, 1.82) is 0 Å². The van der Waals surface area contributed by atoms with E-state index in [1.54, 1.807) is 0 Å². The molecule has 0 aliphatic rings. The molecule has 0 atom stereocenters. The average Bonchev–Trinajstić information content (AvgIpc) is 4.13. The van der Waals surface area contributed by atoms with Crippen molar-refractivity contribution in [3.05, 3.63) is 328 Å². The molecule has 0 radical (unpaired) electrons. The quantitative estimate of drug-likeness (QED) is 0.121. The lowest BCUT2D eigenvalue weighted by Crippen LogP contribution is -2.10. The SMILES string of the molecule is c1ccc(N(c2ccc(-c3ccc4c(c3)c3cc(-c5ccc(N(c6ccccc6)c6cccc7ccccc67)cc5)ccc3n4-c3ccc(N(c4ccccc4)c4cccc5ccccc45)cc3)cc2)c2cccc3ccccc23)cc1. The Morgan fingerprint density at radius 3 is 0.829 bits per heavy atom.